The molecule has 0 radical (unpaired) electrons. The number of benzene rings is 7. The quantitative estimate of drug-likeness (QED) is 0.169. The lowest BCUT2D eigenvalue weighted by Crippen LogP contribution is -2.72. The first-order valence-electron chi connectivity index (χ1n) is 15.5. The van der Waals surface area contributed by atoms with Crippen LogP contribution < -0.4 is 25.6 Å². The van der Waals surface area contributed by atoms with Crippen molar-refractivity contribution in [1.29, 1.82) is 0 Å². The third kappa shape index (κ3) is 4.13. The molecular weight excluding hydrogens is 614 g/mol. The summed E-state index contributed by atoms with van der Waals surface area (Å²) in [6, 6.07) is 62.1. The Balaban J connectivity index is 1.31. The van der Waals surface area contributed by atoms with Crippen LogP contribution in [0.5, 0.6) is 0 Å². The van der Waals surface area contributed by atoms with Gasteiger partial charge in [-0.3, -0.25) is 0 Å². The molecule has 1 nitrogen and oxygen atoms in total. The van der Waals surface area contributed by atoms with Gasteiger partial charge in [-0.1, -0.05) is 121 Å². The number of halogens is 1. The number of fused-ring (bicyclic) bond motifs is 6. The molecule has 218 valence electrons. The number of thiophene rings is 1. The number of anilines is 3. The molecule has 46 heavy (non-hydrogen) atoms. The molecule has 0 unspecified atom stereocenters. The molecule has 0 N–H and O–H groups in total. The SMILES string of the molecule is Clc1ccc2c(c1)[Si](c1ccccc1)(c1ccccc1)c1ccc(N(c3ccccc3)c3ccc4sc5ccccc5c4c3)cc1-2. The Bertz CT molecular complexity index is 2350. The molecule has 1 aliphatic rings. The lowest BCUT2D eigenvalue weighted by Gasteiger charge is -2.32. The van der Waals surface area contributed by atoms with E-state index in [0.717, 1.165) is 22.1 Å². The average Bonchev–Trinajstić information content (AvgIpc) is 3.62. The predicted octanol–water partition coefficient (Wildman–Crippen LogP) is 9.54. The van der Waals surface area contributed by atoms with Crippen LogP contribution in [0.1, 0.15) is 0 Å². The van der Waals surface area contributed by atoms with Crippen molar-refractivity contribution in [1.82, 2.24) is 0 Å². The van der Waals surface area contributed by atoms with Gasteiger partial charge >= 0.3 is 0 Å². The molecule has 0 spiro atoms. The molecule has 4 heteroatoms. The van der Waals surface area contributed by atoms with Crippen LogP contribution in [0.25, 0.3) is 31.3 Å². The fraction of sp³-hybridized carbons (Fsp3) is 0. The van der Waals surface area contributed by atoms with Crippen LogP contribution in [0.4, 0.5) is 17.1 Å². The van der Waals surface area contributed by atoms with Crippen molar-refractivity contribution in [3.05, 3.63) is 175 Å². The van der Waals surface area contributed by atoms with E-state index in [0.29, 0.717) is 0 Å². The Hall–Kier alpha value is -4.93. The van der Waals surface area contributed by atoms with Crippen molar-refractivity contribution in [3.63, 3.8) is 0 Å². The molecule has 2 heterocycles. The number of hydrogen-bond donors (Lipinski definition) is 0. The minimum absolute atomic E-state index is 0.776. The van der Waals surface area contributed by atoms with Crippen molar-refractivity contribution in [2.45, 2.75) is 0 Å². The molecule has 8 aromatic rings. The van der Waals surface area contributed by atoms with Gasteiger partial charge in [-0.25, -0.2) is 0 Å². The normalized spacial score (nSPS) is 13.1. The van der Waals surface area contributed by atoms with E-state index in [2.05, 4.69) is 169 Å². The van der Waals surface area contributed by atoms with E-state index in [1.807, 2.05) is 17.4 Å². The van der Waals surface area contributed by atoms with Gasteiger partial charge in [-0.15, -0.1) is 11.3 Å². The highest BCUT2D eigenvalue weighted by Gasteiger charge is 2.48. The molecule has 0 aliphatic carbocycles. The molecule has 1 aliphatic heterocycles. The summed E-state index contributed by atoms with van der Waals surface area (Å²) < 4.78 is 2.62. The molecule has 9 rings (SSSR count). The van der Waals surface area contributed by atoms with Crippen LogP contribution in [0.15, 0.2) is 170 Å². The van der Waals surface area contributed by atoms with Gasteiger partial charge in [-0.05, 0) is 92.5 Å². The zero-order valence-electron chi connectivity index (χ0n) is 24.9. The molecule has 0 atom stereocenters. The molecule has 0 saturated heterocycles. The highest BCUT2D eigenvalue weighted by atomic mass is 35.5. The lowest BCUT2D eigenvalue weighted by atomic mass is 10.0. The molecular formula is C42H28ClNSSi. The van der Waals surface area contributed by atoms with Gasteiger partial charge in [0.2, 0.25) is 0 Å². The van der Waals surface area contributed by atoms with Gasteiger partial charge in [0.05, 0.1) is 0 Å². The van der Waals surface area contributed by atoms with Crippen molar-refractivity contribution in [2.75, 3.05) is 4.90 Å². The fourth-order valence-corrected chi connectivity index (χ4v) is 14.0. The van der Waals surface area contributed by atoms with Crippen LogP contribution in [0, 0.1) is 0 Å². The van der Waals surface area contributed by atoms with Gasteiger partial charge in [0.15, 0.2) is 8.07 Å². The number of nitrogens with zero attached hydrogens (tertiary/aromatic N) is 1. The van der Waals surface area contributed by atoms with Crippen LogP contribution in [0.3, 0.4) is 0 Å². The van der Waals surface area contributed by atoms with Crippen molar-refractivity contribution in [2.24, 2.45) is 0 Å². The van der Waals surface area contributed by atoms with Gasteiger partial charge < -0.3 is 4.90 Å². The smallest absolute Gasteiger partial charge is 0.180 e. The second-order valence-electron chi connectivity index (χ2n) is 11.9. The van der Waals surface area contributed by atoms with Crippen LogP contribution >= 0.6 is 22.9 Å². The third-order valence-electron chi connectivity index (χ3n) is 9.39. The summed E-state index contributed by atoms with van der Waals surface area (Å²) in [6.45, 7) is 0. The summed E-state index contributed by atoms with van der Waals surface area (Å²) in [6.07, 6.45) is 0. The summed E-state index contributed by atoms with van der Waals surface area (Å²) in [5.74, 6) is 0. The van der Waals surface area contributed by atoms with Crippen LogP contribution in [-0.4, -0.2) is 8.07 Å². The van der Waals surface area contributed by atoms with E-state index in [9.17, 15) is 0 Å². The number of hydrogen-bond acceptors (Lipinski definition) is 2. The van der Waals surface area contributed by atoms with Gasteiger partial charge in [-0.2, -0.15) is 0 Å². The standard InChI is InChI=1S/C42H28ClNSSi/c43-29-20-23-36-38-28-32(22-25-41(38)46(42(36)26-29,33-14-6-2-7-15-33)34-16-8-3-9-17-34)44(30-12-4-1-5-13-30)31-21-24-40-37(27-31)35-18-10-11-19-39(35)45-40/h1-28H. The maximum absolute atomic E-state index is 6.80. The minimum Gasteiger partial charge on any atom is -0.310 e. The maximum Gasteiger partial charge on any atom is 0.180 e. The van der Waals surface area contributed by atoms with Crippen LogP contribution in [-0.2, 0) is 0 Å². The summed E-state index contributed by atoms with van der Waals surface area (Å²) >= 11 is 8.66. The summed E-state index contributed by atoms with van der Waals surface area (Å²) in [5.41, 5.74) is 5.96. The minimum atomic E-state index is -2.63. The highest BCUT2D eigenvalue weighted by Crippen LogP contribution is 2.42. The van der Waals surface area contributed by atoms with E-state index in [1.165, 1.54) is 52.0 Å². The second-order valence-corrected chi connectivity index (χ2v) is 17.1. The molecule has 0 saturated carbocycles. The summed E-state index contributed by atoms with van der Waals surface area (Å²) in [4.78, 5) is 2.40. The first-order valence-corrected chi connectivity index (χ1v) is 18.7. The first kappa shape index (κ1) is 27.4. The average molecular weight is 642 g/mol. The monoisotopic (exact) mass is 641 g/mol. The number of para-hydroxylation sites is 1. The second kappa shape index (κ2) is 10.9. The van der Waals surface area contributed by atoms with Crippen molar-refractivity contribution < 1.29 is 0 Å². The summed E-state index contributed by atoms with van der Waals surface area (Å²) in [7, 11) is -2.63. The van der Waals surface area contributed by atoms with Gasteiger partial charge in [0.25, 0.3) is 0 Å². The van der Waals surface area contributed by atoms with E-state index < -0.39 is 8.07 Å². The van der Waals surface area contributed by atoms with Gasteiger partial charge in [0, 0.05) is 42.3 Å². The van der Waals surface area contributed by atoms with E-state index in [1.54, 1.807) is 0 Å². The Morgan fingerprint density at radius 2 is 1.04 bits per heavy atom. The molecule has 1 aromatic heterocycles. The van der Waals surface area contributed by atoms with E-state index in [-0.39, 0.29) is 0 Å². The Labute approximate surface area is 278 Å². The summed E-state index contributed by atoms with van der Waals surface area (Å²) in [5, 5.41) is 8.85. The van der Waals surface area contributed by atoms with Gasteiger partial charge in [0.1, 0.15) is 0 Å². The fourth-order valence-electron chi connectivity index (χ4n) is 7.47. The Kier molecular flexibility index (Phi) is 6.46. The topological polar surface area (TPSA) is 3.24 Å². The first-order chi connectivity index (χ1) is 22.7. The Morgan fingerprint density at radius 1 is 0.435 bits per heavy atom. The van der Waals surface area contributed by atoms with E-state index >= 15 is 0 Å². The van der Waals surface area contributed by atoms with Crippen LogP contribution in [0.2, 0.25) is 5.02 Å². The maximum atomic E-state index is 6.80. The molecule has 0 amide bonds. The molecule has 0 bridgehead atoms. The zero-order chi connectivity index (χ0) is 30.7. The van der Waals surface area contributed by atoms with E-state index in [4.69, 9.17) is 11.6 Å². The largest absolute Gasteiger partial charge is 0.310 e. The van der Waals surface area contributed by atoms with Crippen molar-refractivity contribution >= 4 is 89.0 Å². The number of rotatable bonds is 5. The zero-order valence-corrected chi connectivity index (χ0v) is 27.5. The molecule has 0 fully saturated rings. The van der Waals surface area contributed by atoms with Crippen molar-refractivity contribution in [3.8, 4) is 11.1 Å². The lowest BCUT2D eigenvalue weighted by molar-refractivity contribution is 1.29. The highest BCUT2D eigenvalue weighted by molar-refractivity contribution is 7.25. The Morgan fingerprint density at radius 3 is 1.78 bits per heavy atom. The third-order valence-corrected chi connectivity index (χ3v) is 15.6. The predicted molar refractivity (Wildman–Crippen MR) is 202 cm³/mol. The molecule has 7 aromatic carbocycles.